The maximum absolute atomic E-state index is 15.5. The van der Waals surface area contributed by atoms with E-state index >= 15 is 4.39 Å². The van der Waals surface area contributed by atoms with Gasteiger partial charge in [0, 0.05) is 16.9 Å². The van der Waals surface area contributed by atoms with Crippen LogP contribution in [0.5, 0.6) is 0 Å². The summed E-state index contributed by atoms with van der Waals surface area (Å²) in [4.78, 5) is 22.4. The van der Waals surface area contributed by atoms with Crippen LogP contribution in [0.25, 0.3) is 11.0 Å². The van der Waals surface area contributed by atoms with Crippen molar-refractivity contribution in [3.05, 3.63) is 51.5 Å². The normalized spacial score (nSPS) is 13.5. The quantitative estimate of drug-likeness (QED) is 0.262. The molecule has 3 aromatic rings. The molecule has 31 heavy (non-hydrogen) atoms. The summed E-state index contributed by atoms with van der Waals surface area (Å²) in [6, 6.07) is 6.74. The maximum Gasteiger partial charge on any atom is 0.277 e. The standard InChI is InChI=1S/C21H20BrCl2FN4O2/c22-13-4-5-16(15(24)8-13)27-19-14(21(30)28-31-10-12-2-3-12)9-17-20(18(19)25)26-11-29(17)7-1-6-23/h4-5,8-9,11-12,27H,1-3,6-7,10H2,(H,28,30). The van der Waals surface area contributed by atoms with Crippen LogP contribution in [0.3, 0.4) is 0 Å². The van der Waals surface area contributed by atoms with Crippen molar-refractivity contribution in [3.8, 4) is 0 Å². The highest BCUT2D eigenvalue weighted by Crippen LogP contribution is 2.34. The van der Waals surface area contributed by atoms with Gasteiger partial charge in [0.25, 0.3) is 5.91 Å². The number of amides is 1. The molecule has 0 unspecified atom stereocenters. The lowest BCUT2D eigenvalue weighted by atomic mass is 10.1. The van der Waals surface area contributed by atoms with E-state index in [2.05, 4.69) is 31.7 Å². The number of hydroxylamine groups is 1. The number of aromatic nitrogens is 2. The number of carbonyl (C=O) groups is 1. The van der Waals surface area contributed by atoms with Crippen LogP contribution in [0.1, 0.15) is 29.6 Å². The average molecular weight is 530 g/mol. The van der Waals surface area contributed by atoms with Crippen LogP contribution in [-0.2, 0) is 11.4 Å². The van der Waals surface area contributed by atoms with E-state index in [1.165, 1.54) is 0 Å². The summed E-state index contributed by atoms with van der Waals surface area (Å²) in [5, 5.41) is 3.33. The van der Waals surface area contributed by atoms with Gasteiger partial charge in [0.1, 0.15) is 5.52 Å². The zero-order valence-corrected chi connectivity index (χ0v) is 19.5. The number of alkyl halides is 1. The van der Waals surface area contributed by atoms with E-state index in [4.69, 9.17) is 28.0 Å². The van der Waals surface area contributed by atoms with Gasteiger partial charge in [-0.2, -0.15) is 0 Å². The van der Waals surface area contributed by atoms with Crippen LogP contribution in [0.2, 0.25) is 5.02 Å². The first-order valence-electron chi connectivity index (χ1n) is 9.85. The number of anilines is 2. The van der Waals surface area contributed by atoms with Gasteiger partial charge in [-0.05, 0) is 49.4 Å². The second-order valence-electron chi connectivity index (χ2n) is 7.40. The van der Waals surface area contributed by atoms with E-state index in [0.29, 0.717) is 47.6 Å². The van der Waals surface area contributed by atoms with Gasteiger partial charge in [0.05, 0.1) is 40.4 Å². The first-order valence-corrected chi connectivity index (χ1v) is 11.6. The number of nitrogens with zero attached hydrogens (tertiary/aromatic N) is 2. The highest BCUT2D eigenvalue weighted by Gasteiger charge is 2.25. The lowest BCUT2D eigenvalue weighted by Crippen LogP contribution is -2.26. The number of imidazole rings is 1. The summed E-state index contributed by atoms with van der Waals surface area (Å²) < 4.78 is 18.1. The van der Waals surface area contributed by atoms with Gasteiger partial charge in [-0.3, -0.25) is 9.63 Å². The van der Waals surface area contributed by atoms with Crippen molar-refractivity contribution >= 4 is 67.4 Å². The second-order valence-corrected chi connectivity index (χ2v) is 9.10. The van der Waals surface area contributed by atoms with E-state index in [1.54, 1.807) is 35.2 Å². The van der Waals surface area contributed by atoms with E-state index in [0.717, 1.165) is 17.3 Å². The monoisotopic (exact) mass is 528 g/mol. The largest absolute Gasteiger partial charge is 0.351 e. The molecule has 0 aliphatic heterocycles. The number of aryl methyl sites for hydroxylation is 1. The van der Waals surface area contributed by atoms with Crippen molar-refractivity contribution in [2.75, 3.05) is 17.8 Å². The van der Waals surface area contributed by atoms with Crippen LogP contribution < -0.4 is 10.8 Å². The fourth-order valence-electron chi connectivity index (χ4n) is 3.16. The predicted octanol–water partition coefficient (Wildman–Crippen LogP) is 6.04. The molecule has 4 rings (SSSR count). The Morgan fingerprint density at radius 3 is 2.87 bits per heavy atom. The molecule has 164 valence electrons. The Balaban J connectivity index is 1.73. The lowest BCUT2D eigenvalue weighted by molar-refractivity contribution is 0.0271. The Kier molecular flexibility index (Phi) is 7.01. The van der Waals surface area contributed by atoms with Crippen molar-refractivity contribution < 1.29 is 14.0 Å². The summed E-state index contributed by atoms with van der Waals surface area (Å²) in [6.07, 6.45) is 4.41. The Hall–Kier alpha value is -1.87. The number of hydrogen-bond donors (Lipinski definition) is 2. The summed E-state index contributed by atoms with van der Waals surface area (Å²) in [5.41, 5.74) is 3.61. The van der Waals surface area contributed by atoms with Gasteiger partial charge in [0.15, 0.2) is 5.82 Å². The molecule has 0 bridgehead atoms. The van der Waals surface area contributed by atoms with Crippen molar-refractivity contribution in [1.82, 2.24) is 15.0 Å². The maximum atomic E-state index is 15.5. The summed E-state index contributed by atoms with van der Waals surface area (Å²) in [5.74, 6) is -0.266. The van der Waals surface area contributed by atoms with Crippen LogP contribution in [0.4, 0.5) is 15.8 Å². The Morgan fingerprint density at radius 2 is 2.16 bits per heavy atom. The number of fused-ring (bicyclic) bond motifs is 1. The van der Waals surface area contributed by atoms with Crippen molar-refractivity contribution in [2.24, 2.45) is 5.92 Å². The summed E-state index contributed by atoms with van der Waals surface area (Å²) in [6.45, 7) is 0.995. The molecule has 2 aromatic carbocycles. The van der Waals surface area contributed by atoms with Crippen molar-refractivity contribution in [2.45, 2.75) is 25.8 Å². The van der Waals surface area contributed by atoms with Crippen molar-refractivity contribution in [1.29, 1.82) is 0 Å². The van der Waals surface area contributed by atoms with Gasteiger partial charge in [-0.1, -0.05) is 27.5 Å². The van der Waals surface area contributed by atoms with Crippen molar-refractivity contribution in [3.63, 3.8) is 0 Å². The van der Waals surface area contributed by atoms with Crippen LogP contribution in [0.15, 0.2) is 35.1 Å². The average Bonchev–Trinajstić information content (AvgIpc) is 3.48. The molecule has 0 atom stereocenters. The SMILES string of the molecule is O=C(NOCC1CC1)c1cc2c(ncn2CCCCl)c(F)c1Nc1ccc(Br)cc1Cl. The fourth-order valence-corrected chi connectivity index (χ4v) is 4.00. The van der Waals surface area contributed by atoms with Gasteiger partial charge in [-0.15, -0.1) is 11.6 Å². The smallest absolute Gasteiger partial charge is 0.277 e. The topological polar surface area (TPSA) is 68.2 Å². The highest BCUT2D eigenvalue weighted by molar-refractivity contribution is 9.10. The third kappa shape index (κ3) is 5.14. The highest BCUT2D eigenvalue weighted by atomic mass is 79.9. The molecular weight excluding hydrogens is 510 g/mol. The van der Waals surface area contributed by atoms with Crippen LogP contribution >= 0.6 is 39.1 Å². The molecule has 1 aliphatic rings. The molecule has 1 amide bonds. The van der Waals surface area contributed by atoms with Gasteiger partial charge < -0.3 is 9.88 Å². The lowest BCUT2D eigenvalue weighted by Gasteiger charge is -2.15. The van der Waals surface area contributed by atoms with Crippen LogP contribution in [0, 0.1) is 11.7 Å². The second kappa shape index (κ2) is 9.73. The molecule has 6 nitrogen and oxygen atoms in total. The van der Waals surface area contributed by atoms with Crippen LogP contribution in [-0.4, -0.2) is 27.9 Å². The zero-order valence-electron chi connectivity index (χ0n) is 16.4. The number of halogens is 4. The number of hydrogen-bond acceptors (Lipinski definition) is 4. The zero-order chi connectivity index (χ0) is 22.0. The molecule has 1 aromatic heterocycles. The minimum Gasteiger partial charge on any atom is -0.351 e. The molecule has 10 heteroatoms. The Bertz CT molecular complexity index is 1120. The summed E-state index contributed by atoms with van der Waals surface area (Å²) in [7, 11) is 0. The minimum atomic E-state index is -0.645. The molecule has 0 radical (unpaired) electrons. The van der Waals surface area contributed by atoms with Gasteiger partial charge >= 0.3 is 0 Å². The van der Waals surface area contributed by atoms with E-state index in [-0.39, 0.29) is 16.8 Å². The number of benzene rings is 2. The van der Waals surface area contributed by atoms with Gasteiger partial charge in [0.2, 0.25) is 0 Å². The first-order chi connectivity index (χ1) is 15.0. The number of carbonyl (C=O) groups excluding carboxylic acids is 1. The molecule has 1 saturated carbocycles. The Morgan fingerprint density at radius 1 is 1.35 bits per heavy atom. The first kappa shape index (κ1) is 22.3. The number of rotatable bonds is 9. The minimum absolute atomic E-state index is 0.0214. The predicted molar refractivity (Wildman–Crippen MR) is 124 cm³/mol. The number of nitrogens with one attached hydrogen (secondary N) is 2. The van der Waals surface area contributed by atoms with E-state index in [1.807, 2.05) is 0 Å². The molecular formula is C21H20BrCl2FN4O2. The summed E-state index contributed by atoms with van der Waals surface area (Å²) >= 11 is 15.4. The molecule has 1 aliphatic carbocycles. The van der Waals surface area contributed by atoms with Gasteiger partial charge in [-0.25, -0.2) is 14.9 Å². The third-order valence-corrected chi connectivity index (χ3v) is 6.08. The molecule has 1 fully saturated rings. The molecule has 2 N–H and O–H groups in total. The Labute approximate surface area is 197 Å². The molecule has 1 heterocycles. The fraction of sp³-hybridized carbons (Fsp3) is 0.333. The van der Waals surface area contributed by atoms with E-state index < -0.39 is 11.7 Å². The molecule has 0 spiro atoms. The van der Waals surface area contributed by atoms with E-state index in [9.17, 15) is 4.79 Å². The third-order valence-electron chi connectivity index (χ3n) is 5.00. The molecule has 0 saturated heterocycles.